The lowest BCUT2D eigenvalue weighted by Gasteiger charge is -2.29. The van der Waals surface area contributed by atoms with E-state index in [4.69, 9.17) is 19.9 Å². The zero-order valence-electron chi connectivity index (χ0n) is 25.0. The summed E-state index contributed by atoms with van der Waals surface area (Å²) in [6.07, 6.45) is 12.8. The molecule has 1 rings (SSSR count). The molecule has 0 saturated carbocycles. The summed E-state index contributed by atoms with van der Waals surface area (Å²) in [6, 6.07) is -0.815. The van der Waals surface area contributed by atoms with Crippen molar-refractivity contribution < 1.29 is 33.4 Å². The van der Waals surface area contributed by atoms with Crippen LogP contribution in [0.4, 0.5) is 4.79 Å². The van der Waals surface area contributed by atoms with Crippen molar-refractivity contribution in [3.05, 3.63) is 60.1 Å². The van der Waals surface area contributed by atoms with E-state index in [0.717, 1.165) is 5.57 Å². The maximum atomic E-state index is 12.8. The van der Waals surface area contributed by atoms with Crippen molar-refractivity contribution in [2.75, 3.05) is 7.11 Å². The Kier molecular flexibility index (Phi) is 14.8. The summed E-state index contributed by atoms with van der Waals surface area (Å²) in [6.45, 7) is 11.1. The second-order valence-corrected chi connectivity index (χ2v) is 10.6. The molecule has 0 aromatic heterocycles. The zero-order chi connectivity index (χ0) is 31.0. The maximum absolute atomic E-state index is 12.8. The fourth-order valence-electron chi connectivity index (χ4n) is 3.83. The number of methoxy groups -OCH3 is 1. The molecule has 1 aliphatic rings. The molecule has 0 aromatic carbocycles. The molecule has 4 atom stereocenters. The Morgan fingerprint density at radius 3 is 2.51 bits per heavy atom. The number of primary amides is 1. The number of ether oxygens (including phenoxy) is 3. The van der Waals surface area contributed by atoms with Crippen LogP contribution in [0.3, 0.4) is 0 Å². The number of nitrogens with one attached hydrogen (secondary N) is 2. The van der Waals surface area contributed by atoms with Gasteiger partial charge in [-0.1, -0.05) is 69.6 Å². The van der Waals surface area contributed by atoms with Gasteiger partial charge in [0, 0.05) is 31.3 Å². The number of hydrogen-bond donors (Lipinski definition) is 3. The average molecular weight is 570 g/mol. The first-order valence-electron chi connectivity index (χ1n) is 13.4. The van der Waals surface area contributed by atoms with E-state index in [0.29, 0.717) is 19.3 Å². The van der Waals surface area contributed by atoms with Crippen molar-refractivity contribution in [3.8, 4) is 11.8 Å². The molecule has 4 N–H and O–H groups in total. The molecule has 0 bridgehead atoms. The lowest BCUT2D eigenvalue weighted by atomic mass is 9.86. The maximum Gasteiger partial charge on any atom is 0.404 e. The largest absolute Gasteiger partial charge is 0.490 e. The second-order valence-electron chi connectivity index (χ2n) is 10.6. The summed E-state index contributed by atoms with van der Waals surface area (Å²) in [5.41, 5.74) is 5.46. The van der Waals surface area contributed by atoms with E-state index >= 15 is 0 Å². The molecule has 10 nitrogen and oxygen atoms in total. The molecular weight excluding hydrogens is 526 g/mol. The quantitative estimate of drug-likeness (QED) is 0.132. The van der Waals surface area contributed by atoms with Gasteiger partial charge in [0.15, 0.2) is 5.76 Å². The Morgan fingerprint density at radius 1 is 1.24 bits per heavy atom. The molecule has 1 unspecified atom stereocenters. The minimum atomic E-state index is -0.893. The van der Waals surface area contributed by atoms with Crippen molar-refractivity contribution in [2.24, 2.45) is 17.1 Å². The summed E-state index contributed by atoms with van der Waals surface area (Å²) in [5.74, 6) is 4.48. The molecule has 0 aliphatic carbocycles. The smallest absolute Gasteiger partial charge is 0.404 e. The van der Waals surface area contributed by atoms with Gasteiger partial charge in [-0.15, -0.1) is 5.92 Å². The van der Waals surface area contributed by atoms with Crippen LogP contribution in [0.2, 0.25) is 0 Å². The van der Waals surface area contributed by atoms with Crippen molar-refractivity contribution in [2.45, 2.75) is 79.1 Å². The van der Waals surface area contributed by atoms with Crippen LogP contribution < -0.4 is 16.4 Å². The van der Waals surface area contributed by atoms with Gasteiger partial charge in [0.1, 0.15) is 18.2 Å². The van der Waals surface area contributed by atoms with Gasteiger partial charge >= 0.3 is 12.1 Å². The molecule has 0 aromatic rings. The Hall–Kier alpha value is -4.26. The fourth-order valence-corrected chi connectivity index (χ4v) is 3.83. The van der Waals surface area contributed by atoms with Gasteiger partial charge in [0.2, 0.25) is 11.8 Å². The third kappa shape index (κ3) is 13.6. The molecule has 10 heteroatoms. The first-order valence-corrected chi connectivity index (χ1v) is 13.4. The number of nitrogens with two attached hydrogens (primary N) is 1. The van der Waals surface area contributed by atoms with Crippen LogP contribution >= 0.6 is 0 Å². The summed E-state index contributed by atoms with van der Waals surface area (Å²) in [5, 5.41) is 5.41. The Balaban J connectivity index is 2.69. The number of hydrogen-bond acceptors (Lipinski definition) is 7. The van der Waals surface area contributed by atoms with Gasteiger partial charge in [-0.3, -0.25) is 9.59 Å². The van der Waals surface area contributed by atoms with Gasteiger partial charge in [-0.2, -0.15) is 0 Å². The van der Waals surface area contributed by atoms with Crippen molar-refractivity contribution in [1.29, 1.82) is 0 Å². The number of carbonyl (C=O) groups excluding carboxylic acids is 4. The topological polar surface area (TPSA) is 146 Å². The Bertz CT molecular complexity index is 1150. The predicted octanol–water partition coefficient (Wildman–Crippen LogP) is 3.96. The van der Waals surface area contributed by atoms with Crippen molar-refractivity contribution >= 4 is 23.9 Å². The Morgan fingerprint density at radius 2 is 1.93 bits per heavy atom. The van der Waals surface area contributed by atoms with Crippen LogP contribution in [0.1, 0.15) is 60.8 Å². The molecule has 224 valence electrons. The van der Waals surface area contributed by atoms with Crippen molar-refractivity contribution in [3.63, 3.8) is 0 Å². The highest BCUT2D eigenvalue weighted by Gasteiger charge is 2.32. The molecule has 41 heavy (non-hydrogen) atoms. The fraction of sp³-hybridized carbons (Fsp3) is 0.484. The number of allylic oxidation sites excluding steroid dienone is 4. The first-order chi connectivity index (χ1) is 19.3. The van der Waals surface area contributed by atoms with E-state index in [1.807, 2.05) is 46.8 Å². The lowest BCUT2D eigenvalue weighted by Crippen LogP contribution is -2.52. The molecule has 0 fully saturated rings. The minimum Gasteiger partial charge on any atom is -0.490 e. The zero-order valence-corrected chi connectivity index (χ0v) is 25.0. The molecule has 1 aliphatic heterocycles. The summed E-state index contributed by atoms with van der Waals surface area (Å²) in [4.78, 5) is 48.3. The first kappa shape index (κ1) is 34.8. The van der Waals surface area contributed by atoms with Crippen LogP contribution in [-0.4, -0.2) is 49.2 Å². The van der Waals surface area contributed by atoms with E-state index in [9.17, 15) is 19.2 Å². The molecular formula is C31H43N3O7. The van der Waals surface area contributed by atoms with Gasteiger partial charge in [-0.25, -0.2) is 9.59 Å². The third-order valence-corrected chi connectivity index (χ3v) is 5.99. The summed E-state index contributed by atoms with van der Waals surface area (Å²) < 4.78 is 15.4. The van der Waals surface area contributed by atoms with E-state index in [-0.39, 0.29) is 17.8 Å². The van der Waals surface area contributed by atoms with E-state index in [2.05, 4.69) is 22.5 Å². The number of amides is 3. The van der Waals surface area contributed by atoms with Gasteiger partial charge in [0.05, 0.1) is 7.11 Å². The molecule has 0 saturated heterocycles. The van der Waals surface area contributed by atoms with Gasteiger partial charge in [0.25, 0.3) is 0 Å². The van der Waals surface area contributed by atoms with Crippen molar-refractivity contribution in [1.82, 2.24) is 10.6 Å². The van der Waals surface area contributed by atoms with Gasteiger partial charge in [-0.05, 0) is 31.5 Å². The normalized spacial score (nSPS) is 18.1. The van der Waals surface area contributed by atoms with Crippen LogP contribution in [0.5, 0.6) is 0 Å². The van der Waals surface area contributed by atoms with Crippen LogP contribution in [-0.2, 0) is 28.6 Å². The highest BCUT2D eigenvalue weighted by atomic mass is 16.6. The highest BCUT2D eigenvalue weighted by Crippen LogP contribution is 2.23. The molecule has 0 spiro atoms. The highest BCUT2D eigenvalue weighted by molar-refractivity contribution is 5.93. The van der Waals surface area contributed by atoms with Crippen LogP contribution in [0.25, 0.3) is 0 Å². The molecule has 3 amide bonds. The number of carbonyl (C=O) groups is 4. The Labute approximate surface area is 243 Å². The van der Waals surface area contributed by atoms with Crippen LogP contribution in [0.15, 0.2) is 60.1 Å². The number of esters is 1. The third-order valence-electron chi connectivity index (χ3n) is 5.99. The predicted molar refractivity (Wildman–Crippen MR) is 157 cm³/mol. The van der Waals surface area contributed by atoms with E-state index < -0.39 is 41.4 Å². The average Bonchev–Trinajstić information content (AvgIpc) is 2.89. The molecule has 1 heterocycles. The van der Waals surface area contributed by atoms with E-state index in [1.165, 1.54) is 19.4 Å². The molecule has 0 radical (unpaired) electrons. The minimum absolute atomic E-state index is 0.0165. The van der Waals surface area contributed by atoms with Crippen LogP contribution in [0, 0.1) is 23.2 Å². The second kappa shape index (κ2) is 17.4. The summed E-state index contributed by atoms with van der Waals surface area (Å²) in [7, 11) is 1.43. The summed E-state index contributed by atoms with van der Waals surface area (Å²) >= 11 is 0. The number of cyclic esters (lactones) is 1. The lowest BCUT2D eigenvalue weighted by molar-refractivity contribution is -0.151. The number of rotatable bonds is 13. The van der Waals surface area contributed by atoms with Gasteiger partial charge < -0.3 is 30.6 Å². The van der Waals surface area contributed by atoms with E-state index in [1.54, 1.807) is 31.2 Å². The SMILES string of the molecule is CC#CC[C@@H](C/C=C/NC(=O)[C@@H](NC(=O)/C=C/C=C/C(C)=C/[C@H](C)C1CC=C(OC)C(=O)O1)C(C)(C)C)OC(N)=O. The monoisotopic (exact) mass is 569 g/mol. The standard InChI is InChI=1S/C31H43N3O7/c1-8-9-14-23(40-30(32)38)15-12-19-33-28(36)27(31(4,5)6)34-26(35)16-11-10-13-21(2)20-22(3)24-17-18-25(39-7)29(37)41-24/h10-13,16,18-20,22-24,27H,14-15,17H2,1-7H3,(H2,32,38)(H,33,36)(H,34,35)/b13-10+,16-11+,19-12+,21-20+/t22-,23-,24?,27+/m0/s1.